The van der Waals surface area contributed by atoms with Gasteiger partial charge in [-0.25, -0.2) is 4.79 Å². The molecular weight excluding hydrogens is 207 g/mol. The molecule has 0 heterocycles. The first-order valence-corrected chi connectivity index (χ1v) is 4.79. The average molecular weight is 218 g/mol. The summed E-state index contributed by atoms with van der Waals surface area (Å²) < 4.78 is 28.6. The van der Waals surface area contributed by atoms with Crippen molar-refractivity contribution in [3.8, 4) is 0 Å². The number of carbonyl (C=O) groups is 1. The minimum absolute atomic E-state index is 0. The fraction of sp³-hybridized carbons (Fsp3) is 0.500. The first kappa shape index (κ1) is 15.6. The summed E-state index contributed by atoms with van der Waals surface area (Å²) in [6.45, 7) is 1.35. The SMILES string of the molecule is C/C(=C\CCS(=O)(=O)O)C(=O)O.[NaH]. The second-order valence-electron chi connectivity index (χ2n) is 2.27. The molecule has 0 amide bonds. The third kappa shape index (κ3) is 10.0. The molecule has 0 aliphatic heterocycles. The van der Waals surface area contributed by atoms with Crippen molar-refractivity contribution in [1.82, 2.24) is 0 Å². The molecule has 0 aromatic heterocycles. The van der Waals surface area contributed by atoms with Crippen LogP contribution in [0.15, 0.2) is 11.6 Å². The number of rotatable bonds is 4. The van der Waals surface area contributed by atoms with Crippen LogP contribution in [-0.2, 0) is 14.9 Å². The first-order valence-electron chi connectivity index (χ1n) is 3.18. The van der Waals surface area contributed by atoms with Crippen molar-refractivity contribution < 1.29 is 22.9 Å². The molecule has 7 heteroatoms. The Bertz CT molecular complexity index is 292. The van der Waals surface area contributed by atoms with Crippen LogP contribution in [0.3, 0.4) is 0 Å². The van der Waals surface area contributed by atoms with Crippen molar-refractivity contribution in [2.75, 3.05) is 5.75 Å². The number of hydrogen-bond donors (Lipinski definition) is 2. The Hall–Kier alpha value is 0.120. The van der Waals surface area contributed by atoms with E-state index in [1.165, 1.54) is 13.0 Å². The summed E-state index contributed by atoms with van der Waals surface area (Å²) in [6.07, 6.45) is 1.26. The first-order chi connectivity index (χ1) is 5.33. The van der Waals surface area contributed by atoms with E-state index in [9.17, 15) is 13.2 Å². The summed E-state index contributed by atoms with van der Waals surface area (Å²) in [5.74, 6) is -1.54. The number of allylic oxidation sites excluding steroid dienone is 1. The van der Waals surface area contributed by atoms with Gasteiger partial charge in [-0.2, -0.15) is 8.42 Å². The zero-order valence-electron chi connectivity index (χ0n) is 6.52. The molecule has 0 saturated heterocycles. The molecule has 0 atom stereocenters. The molecule has 0 aliphatic rings. The maximum atomic E-state index is 10.2. The van der Waals surface area contributed by atoms with Gasteiger partial charge in [0.25, 0.3) is 10.1 Å². The van der Waals surface area contributed by atoms with Crippen LogP contribution in [0.2, 0.25) is 0 Å². The molecule has 0 unspecified atom stereocenters. The Morgan fingerprint density at radius 3 is 2.23 bits per heavy atom. The molecule has 0 bridgehead atoms. The predicted octanol–water partition coefficient (Wildman–Crippen LogP) is -0.353. The zero-order valence-corrected chi connectivity index (χ0v) is 7.34. The van der Waals surface area contributed by atoms with Gasteiger partial charge >= 0.3 is 35.5 Å². The molecule has 0 saturated carbocycles. The maximum absolute atomic E-state index is 10.2. The van der Waals surface area contributed by atoms with Gasteiger partial charge in [0, 0.05) is 5.57 Å². The van der Waals surface area contributed by atoms with Gasteiger partial charge in [0.2, 0.25) is 0 Å². The van der Waals surface area contributed by atoms with E-state index >= 15 is 0 Å². The molecule has 0 fully saturated rings. The summed E-state index contributed by atoms with van der Waals surface area (Å²) in [6, 6.07) is 0. The average Bonchev–Trinajstić information content (AvgIpc) is 1.84. The normalized spacial score (nSPS) is 12.0. The van der Waals surface area contributed by atoms with Crippen LogP contribution in [0.1, 0.15) is 13.3 Å². The van der Waals surface area contributed by atoms with Gasteiger partial charge in [-0.05, 0) is 13.3 Å². The minimum atomic E-state index is -3.98. The molecule has 0 aliphatic carbocycles. The van der Waals surface area contributed by atoms with E-state index in [2.05, 4.69) is 0 Å². The molecular formula is C6H11NaO5S. The standard InChI is InChI=1S/C6H10O5S.Na.H/c1-5(6(7)8)3-2-4-12(9,10)11;;/h3H,2,4H2,1H3,(H,7,8)(H,9,10,11);;/b5-3+;;. The van der Waals surface area contributed by atoms with Crippen LogP contribution in [0.5, 0.6) is 0 Å². The van der Waals surface area contributed by atoms with E-state index in [0.717, 1.165) is 0 Å². The number of carboxylic acid groups (broad SMARTS) is 1. The Balaban J connectivity index is 0. The predicted molar refractivity (Wildman–Crippen MR) is 49.6 cm³/mol. The van der Waals surface area contributed by atoms with Crippen LogP contribution in [0.25, 0.3) is 0 Å². The quantitative estimate of drug-likeness (QED) is 0.382. The Morgan fingerprint density at radius 2 is 1.92 bits per heavy atom. The van der Waals surface area contributed by atoms with Gasteiger partial charge < -0.3 is 5.11 Å². The van der Waals surface area contributed by atoms with Gasteiger partial charge in [0.1, 0.15) is 0 Å². The van der Waals surface area contributed by atoms with Gasteiger partial charge in [0.05, 0.1) is 5.75 Å². The Morgan fingerprint density at radius 1 is 1.46 bits per heavy atom. The summed E-state index contributed by atoms with van der Waals surface area (Å²) >= 11 is 0. The number of carboxylic acids is 1. The number of aliphatic carboxylic acids is 1. The monoisotopic (exact) mass is 218 g/mol. The van der Waals surface area contributed by atoms with Crippen LogP contribution in [0.4, 0.5) is 0 Å². The molecule has 0 aromatic rings. The third-order valence-electron chi connectivity index (χ3n) is 1.16. The molecule has 0 aromatic carbocycles. The molecule has 72 valence electrons. The summed E-state index contributed by atoms with van der Waals surface area (Å²) in [7, 11) is -3.98. The topological polar surface area (TPSA) is 91.7 Å². The van der Waals surface area contributed by atoms with E-state index in [1.54, 1.807) is 0 Å². The third-order valence-corrected chi connectivity index (χ3v) is 1.92. The van der Waals surface area contributed by atoms with Gasteiger partial charge in [-0.15, -0.1) is 0 Å². The van der Waals surface area contributed by atoms with Crippen LogP contribution in [-0.4, -0.2) is 59.4 Å². The van der Waals surface area contributed by atoms with Crippen LogP contribution in [0, 0.1) is 0 Å². The Kier molecular flexibility index (Phi) is 7.86. The Labute approximate surface area is 98.9 Å². The summed E-state index contributed by atoms with van der Waals surface area (Å²) in [5, 5.41) is 8.33. The summed E-state index contributed by atoms with van der Waals surface area (Å²) in [4.78, 5) is 10.2. The van der Waals surface area contributed by atoms with Crippen molar-refractivity contribution >= 4 is 45.6 Å². The molecule has 0 rings (SSSR count). The number of hydrogen-bond acceptors (Lipinski definition) is 3. The van der Waals surface area contributed by atoms with Gasteiger partial charge in [0.15, 0.2) is 0 Å². The van der Waals surface area contributed by atoms with E-state index in [0.29, 0.717) is 0 Å². The second kappa shape index (κ2) is 6.56. The van der Waals surface area contributed by atoms with Crippen molar-refractivity contribution in [2.24, 2.45) is 0 Å². The second-order valence-corrected chi connectivity index (χ2v) is 3.84. The fourth-order valence-corrected chi connectivity index (χ4v) is 0.927. The van der Waals surface area contributed by atoms with Crippen LogP contribution < -0.4 is 0 Å². The zero-order chi connectivity index (χ0) is 9.78. The van der Waals surface area contributed by atoms with Crippen LogP contribution >= 0.6 is 0 Å². The summed E-state index contributed by atoms with van der Waals surface area (Å²) in [5.41, 5.74) is 0.0682. The molecule has 0 radical (unpaired) electrons. The molecule has 5 nitrogen and oxygen atoms in total. The van der Waals surface area contributed by atoms with Gasteiger partial charge in [-0.3, -0.25) is 4.55 Å². The van der Waals surface area contributed by atoms with E-state index in [1.807, 2.05) is 0 Å². The van der Waals surface area contributed by atoms with E-state index in [-0.39, 0.29) is 41.6 Å². The van der Waals surface area contributed by atoms with Crippen molar-refractivity contribution in [1.29, 1.82) is 0 Å². The molecule has 2 N–H and O–H groups in total. The van der Waals surface area contributed by atoms with Crippen molar-refractivity contribution in [2.45, 2.75) is 13.3 Å². The molecule has 0 spiro atoms. The van der Waals surface area contributed by atoms with Crippen molar-refractivity contribution in [3.05, 3.63) is 11.6 Å². The van der Waals surface area contributed by atoms with E-state index in [4.69, 9.17) is 9.66 Å². The fourth-order valence-electron chi connectivity index (χ4n) is 0.512. The molecule has 13 heavy (non-hydrogen) atoms. The van der Waals surface area contributed by atoms with Gasteiger partial charge in [-0.1, -0.05) is 6.08 Å². The van der Waals surface area contributed by atoms with E-state index < -0.39 is 21.8 Å². The van der Waals surface area contributed by atoms with Crippen molar-refractivity contribution in [3.63, 3.8) is 0 Å².